The van der Waals surface area contributed by atoms with Crippen LogP contribution in [0.4, 0.5) is 22.2 Å². The molecule has 0 saturated heterocycles. The summed E-state index contributed by atoms with van der Waals surface area (Å²) in [6.45, 7) is 0. The maximum atomic E-state index is 11.9. The molecule has 0 spiro atoms. The lowest BCUT2D eigenvalue weighted by molar-refractivity contribution is -0.384. The van der Waals surface area contributed by atoms with E-state index in [4.69, 9.17) is 16.0 Å². The number of carbonyl (C=O) groups excluding carboxylic acids is 1. The van der Waals surface area contributed by atoms with Crippen LogP contribution in [0.3, 0.4) is 0 Å². The quantitative estimate of drug-likeness (QED) is 0.555. The van der Waals surface area contributed by atoms with Gasteiger partial charge in [0.15, 0.2) is 5.58 Å². The second-order valence-corrected chi connectivity index (χ2v) is 4.95. The third-order valence-electron chi connectivity index (χ3n) is 2.88. The van der Waals surface area contributed by atoms with Gasteiger partial charge in [-0.05, 0) is 24.3 Å². The first-order valence-corrected chi connectivity index (χ1v) is 6.77. The van der Waals surface area contributed by atoms with Gasteiger partial charge in [-0.15, -0.1) is 0 Å². The van der Waals surface area contributed by atoms with Crippen LogP contribution in [-0.4, -0.2) is 15.9 Å². The smallest absolute Gasteiger partial charge is 0.327 e. The topological polar surface area (TPSA) is 110 Å². The second-order valence-electron chi connectivity index (χ2n) is 4.52. The lowest BCUT2D eigenvalue weighted by Crippen LogP contribution is -2.19. The predicted molar refractivity (Wildman–Crippen MR) is 84.8 cm³/mol. The molecule has 2 N–H and O–H groups in total. The molecule has 0 aliphatic rings. The van der Waals surface area contributed by atoms with Crippen molar-refractivity contribution < 1.29 is 14.1 Å². The Bertz CT molecular complexity index is 909. The van der Waals surface area contributed by atoms with Gasteiger partial charge in [-0.1, -0.05) is 17.7 Å². The number of carbonyl (C=O) groups is 1. The molecular weight excluding hydrogens is 324 g/mol. The lowest BCUT2D eigenvalue weighted by Gasteiger charge is -2.04. The van der Waals surface area contributed by atoms with Crippen molar-refractivity contribution in [3.63, 3.8) is 0 Å². The van der Waals surface area contributed by atoms with Crippen LogP contribution < -0.4 is 10.6 Å². The Hall–Kier alpha value is -3.13. The number of nitrogens with zero attached hydrogens (tertiary/aromatic N) is 2. The molecule has 2 amide bonds. The first-order chi connectivity index (χ1) is 11.0. The van der Waals surface area contributed by atoms with Crippen molar-refractivity contribution in [2.75, 3.05) is 10.6 Å². The van der Waals surface area contributed by atoms with Gasteiger partial charge in [-0.2, -0.15) is 4.98 Å². The molecule has 0 aliphatic carbocycles. The van der Waals surface area contributed by atoms with Crippen LogP contribution >= 0.6 is 11.6 Å². The fourth-order valence-corrected chi connectivity index (χ4v) is 2.10. The van der Waals surface area contributed by atoms with E-state index in [1.807, 2.05) is 0 Å². The normalized spacial score (nSPS) is 10.5. The van der Waals surface area contributed by atoms with Crippen LogP contribution in [0.5, 0.6) is 0 Å². The summed E-state index contributed by atoms with van der Waals surface area (Å²) in [4.78, 5) is 26.0. The fourth-order valence-electron chi connectivity index (χ4n) is 1.91. The van der Waals surface area contributed by atoms with Crippen LogP contribution in [0.25, 0.3) is 11.1 Å². The van der Waals surface area contributed by atoms with Gasteiger partial charge in [-0.3, -0.25) is 15.4 Å². The van der Waals surface area contributed by atoms with E-state index in [0.717, 1.165) is 0 Å². The molecule has 9 heteroatoms. The number of anilines is 2. The van der Waals surface area contributed by atoms with Crippen molar-refractivity contribution in [2.24, 2.45) is 0 Å². The zero-order chi connectivity index (χ0) is 16.4. The number of oxazole rings is 1. The molecule has 1 heterocycles. The number of amides is 2. The van der Waals surface area contributed by atoms with Gasteiger partial charge in [0.05, 0.1) is 4.92 Å². The first kappa shape index (κ1) is 14.8. The number of benzene rings is 2. The van der Waals surface area contributed by atoms with E-state index in [1.54, 1.807) is 24.3 Å². The highest BCUT2D eigenvalue weighted by molar-refractivity contribution is 6.30. The highest BCUT2D eigenvalue weighted by atomic mass is 35.5. The van der Waals surface area contributed by atoms with Crippen LogP contribution in [0.2, 0.25) is 5.02 Å². The first-order valence-electron chi connectivity index (χ1n) is 6.40. The maximum Gasteiger partial charge on any atom is 0.327 e. The largest absolute Gasteiger partial charge is 0.423 e. The van der Waals surface area contributed by atoms with Crippen molar-refractivity contribution in [2.45, 2.75) is 0 Å². The SMILES string of the molecule is O=C(Nc1cccc(Cl)c1)Nc1nc2cc([N+](=O)[O-])ccc2o1. The summed E-state index contributed by atoms with van der Waals surface area (Å²) in [5, 5.41) is 16.2. The van der Waals surface area contributed by atoms with E-state index in [-0.39, 0.29) is 17.2 Å². The Kier molecular flexibility index (Phi) is 3.82. The molecule has 0 fully saturated rings. The molecule has 0 radical (unpaired) electrons. The number of nitrogens with one attached hydrogen (secondary N) is 2. The Labute approximate surface area is 134 Å². The minimum Gasteiger partial charge on any atom is -0.423 e. The molecule has 1 aromatic heterocycles. The highest BCUT2D eigenvalue weighted by Crippen LogP contribution is 2.23. The van der Waals surface area contributed by atoms with E-state index in [1.165, 1.54) is 18.2 Å². The summed E-state index contributed by atoms with van der Waals surface area (Å²) in [5.74, 6) is 0. The van der Waals surface area contributed by atoms with Gasteiger partial charge in [0.25, 0.3) is 5.69 Å². The summed E-state index contributed by atoms with van der Waals surface area (Å²) < 4.78 is 5.30. The van der Waals surface area contributed by atoms with Gasteiger partial charge in [-0.25, -0.2) is 4.79 Å². The minimum atomic E-state index is -0.576. The Morgan fingerprint density at radius 3 is 2.78 bits per heavy atom. The second kappa shape index (κ2) is 5.93. The lowest BCUT2D eigenvalue weighted by atomic mass is 10.3. The number of rotatable bonds is 3. The van der Waals surface area contributed by atoms with E-state index < -0.39 is 11.0 Å². The number of nitro benzene ring substituents is 1. The molecule has 3 aromatic rings. The molecule has 116 valence electrons. The number of non-ortho nitro benzene ring substituents is 1. The van der Waals surface area contributed by atoms with E-state index >= 15 is 0 Å². The summed E-state index contributed by atoms with van der Waals surface area (Å²) in [5.41, 5.74) is 0.994. The average molecular weight is 333 g/mol. The summed E-state index contributed by atoms with van der Waals surface area (Å²) in [6, 6.07) is 9.95. The Morgan fingerprint density at radius 1 is 1.22 bits per heavy atom. The molecule has 23 heavy (non-hydrogen) atoms. The van der Waals surface area contributed by atoms with Gasteiger partial charge < -0.3 is 9.73 Å². The predicted octanol–water partition coefficient (Wildman–Crippen LogP) is 4.03. The summed E-state index contributed by atoms with van der Waals surface area (Å²) in [6.07, 6.45) is 0. The summed E-state index contributed by atoms with van der Waals surface area (Å²) >= 11 is 5.82. The monoisotopic (exact) mass is 332 g/mol. The third kappa shape index (κ3) is 3.38. The van der Waals surface area contributed by atoms with Crippen LogP contribution in [0.1, 0.15) is 0 Å². The molecular formula is C14H9ClN4O4. The average Bonchev–Trinajstić information content (AvgIpc) is 2.87. The van der Waals surface area contributed by atoms with E-state index in [9.17, 15) is 14.9 Å². The van der Waals surface area contributed by atoms with E-state index in [2.05, 4.69) is 15.6 Å². The fraction of sp³-hybridized carbons (Fsp3) is 0. The highest BCUT2D eigenvalue weighted by Gasteiger charge is 2.13. The maximum absolute atomic E-state index is 11.9. The number of urea groups is 1. The Morgan fingerprint density at radius 2 is 2.04 bits per heavy atom. The standard InChI is InChI=1S/C14H9ClN4O4/c15-8-2-1-3-9(6-8)16-13(20)18-14-17-11-7-10(19(21)22)4-5-12(11)23-14/h1-7H,(H2,16,17,18,20). The van der Waals surface area contributed by atoms with Crippen LogP contribution in [-0.2, 0) is 0 Å². The van der Waals surface area contributed by atoms with Crippen molar-refractivity contribution in [3.05, 3.63) is 57.6 Å². The van der Waals surface area contributed by atoms with Crippen molar-refractivity contribution in [1.29, 1.82) is 0 Å². The number of nitro groups is 1. The van der Waals surface area contributed by atoms with E-state index in [0.29, 0.717) is 16.3 Å². The zero-order valence-corrected chi connectivity index (χ0v) is 12.2. The number of aromatic nitrogens is 1. The number of hydrogen-bond donors (Lipinski definition) is 2. The molecule has 3 rings (SSSR count). The number of fused-ring (bicyclic) bond motifs is 1. The van der Waals surface area contributed by atoms with Gasteiger partial charge in [0.2, 0.25) is 0 Å². The van der Waals surface area contributed by atoms with Gasteiger partial charge in [0.1, 0.15) is 5.52 Å². The van der Waals surface area contributed by atoms with Crippen LogP contribution in [0, 0.1) is 10.1 Å². The minimum absolute atomic E-state index is 0.0694. The molecule has 0 unspecified atom stereocenters. The van der Waals surface area contributed by atoms with Crippen LogP contribution in [0.15, 0.2) is 46.9 Å². The van der Waals surface area contributed by atoms with Crippen molar-refractivity contribution >= 4 is 46.1 Å². The molecule has 8 nitrogen and oxygen atoms in total. The molecule has 2 aromatic carbocycles. The van der Waals surface area contributed by atoms with Crippen molar-refractivity contribution in [1.82, 2.24) is 4.98 Å². The zero-order valence-electron chi connectivity index (χ0n) is 11.4. The summed E-state index contributed by atoms with van der Waals surface area (Å²) in [7, 11) is 0. The molecule has 0 bridgehead atoms. The molecule has 0 aliphatic heterocycles. The number of hydrogen-bond acceptors (Lipinski definition) is 5. The van der Waals surface area contributed by atoms with Crippen molar-refractivity contribution in [3.8, 4) is 0 Å². The third-order valence-corrected chi connectivity index (χ3v) is 3.12. The van der Waals surface area contributed by atoms with Gasteiger partial charge in [0, 0.05) is 22.8 Å². The Balaban J connectivity index is 1.75. The molecule has 0 atom stereocenters. The molecule has 0 saturated carbocycles. The van der Waals surface area contributed by atoms with Gasteiger partial charge >= 0.3 is 12.0 Å². The number of halogens is 1.